The third-order valence-corrected chi connectivity index (χ3v) is 21.4. The van der Waals surface area contributed by atoms with Crippen molar-refractivity contribution >= 4 is 68.0 Å². The minimum Gasteiger partial charge on any atom is -0.494 e. The third-order valence-electron chi connectivity index (χ3n) is 19.6. The van der Waals surface area contributed by atoms with Gasteiger partial charge in [0.1, 0.15) is 23.9 Å². The van der Waals surface area contributed by atoms with Crippen LogP contribution < -0.4 is 14.2 Å². The summed E-state index contributed by atoms with van der Waals surface area (Å²) in [4.78, 5) is 10.0. The van der Waals surface area contributed by atoms with Crippen molar-refractivity contribution in [3.05, 3.63) is 339 Å². The van der Waals surface area contributed by atoms with Gasteiger partial charge in [-0.25, -0.2) is 0 Å². The predicted molar refractivity (Wildman–Crippen MR) is 538 cm³/mol. The van der Waals surface area contributed by atoms with Gasteiger partial charge in [0.25, 0.3) is 5.69 Å². The number of rotatable bonds is 29. The summed E-state index contributed by atoms with van der Waals surface area (Å²) in [5, 5.41) is 13.3. The second kappa shape index (κ2) is 66.2. The van der Waals surface area contributed by atoms with E-state index in [0.29, 0.717) is 69.9 Å². The summed E-state index contributed by atoms with van der Waals surface area (Å²) < 4.78 is 18.2. The summed E-state index contributed by atoms with van der Waals surface area (Å²) in [6.45, 7) is 55.8. The average molecular weight is 1790 g/mol. The first-order valence-electron chi connectivity index (χ1n) is 44.7. The summed E-state index contributed by atoms with van der Waals surface area (Å²) in [5.74, 6) is 8.83. The van der Waals surface area contributed by atoms with Crippen LogP contribution in [0.4, 0.5) is 5.69 Å². The monoisotopic (exact) mass is 1790 g/mol. The summed E-state index contributed by atoms with van der Waals surface area (Å²) in [6, 6.07) is 80.8. The van der Waals surface area contributed by atoms with E-state index < -0.39 is 0 Å². The zero-order valence-corrected chi connectivity index (χ0v) is 83.3. The van der Waals surface area contributed by atoms with Crippen LogP contribution in [-0.4, -0.2) is 17.6 Å². The Labute approximate surface area is 765 Å². The highest BCUT2D eigenvalue weighted by molar-refractivity contribution is 9.10. The molecule has 0 saturated heterocycles. The lowest BCUT2D eigenvalue weighted by Crippen LogP contribution is -2.05. The minimum absolute atomic E-state index is 0.168. The maximum absolute atomic E-state index is 10.4. The molecule has 0 amide bonds. The van der Waals surface area contributed by atoms with Crippen molar-refractivity contribution in [1.29, 1.82) is 0 Å². The normalized spacial score (nSPS) is 10.6. The highest BCUT2D eigenvalue weighted by Gasteiger charge is 2.10. The molecule has 10 aromatic rings. The molecular weight excluding hydrogens is 1640 g/mol. The van der Waals surface area contributed by atoms with Crippen molar-refractivity contribution in [3.8, 4) is 17.2 Å². The predicted octanol–water partition coefficient (Wildman–Crippen LogP) is 38.0. The Kier molecular flexibility index (Phi) is 61.1. The number of halogens is 5. The van der Waals surface area contributed by atoms with Crippen molar-refractivity contribution in [3.63, 3.8) is 0 Å². The number of nitrogens with zero attached hydrogens (tertiary/aromatic N) is 1. The summed E-state index contributed by atoms with van der Waals surface area (Å²) in [5.41, 5.74) is 14.5. The molecular formula is C110H154BrCl4NO5. The number of hydrogen-bond donors (Lipinski definition) is 0. The van der Waals surface area contributed by atoms with E-state index in [2.05, 4.69) is 283 Å². The molecule has 0 radical (unpaired) electrons. The van der Waals surface area contributed by atoms with Gasteiger partial charge in [-0.2, -0.15) is 0 Å². The Morgan fingerprint density at radius 1 is 0.339 bits per heavy atom. The molecule has 11 heteroatoms. The number of ether oxygens (including phenoxy) is 3. The van der Waals surface area contributed by atoms with Crippen molar-refractivity contribution < 1.29 is 19.1 Å². The molecule has 664 valence electrons. The largest absolute Gasteiger partial charge is 0.494 e. The first kappa shape index (κ1) is 112. The van der Waals surface area contributed by atoms with Gasteiger partial charge in [0, 0.05) is 26.7 Å². The van der Waals surface area contributed by atoms with E-state index in [9.17, 15) is 10.1 Å². The van der Waals surface area contributed by atoms with Crippen molar-refractivity contribution in [2.24, 2.45) is 5.92 Å². The number of unbranched alkanes of at least 4 members (excludes halogenated alkanes) is 9. The molecule has 0 unspecified atom stereocenters. The smallest absolute Gasteiger partial charge is 0.269 e. The molecule has 10 rings (SSSR count). The molecule has 0 aromatic heterocycles. The van der Waals surface area contributed by atoms with Crippen LogP contribution in [0.3, 0.4) is 0 Å². The zero-order valence-electron chi connectivity index (χ0n) is 78.7. The highest BCUT2D eigenvalue weighted by atomic mass is 79.9. The van der Waals surface area contributed by atoms with Gasteiger partial charge in [0.15, 0.2) is 0 Å². The first-order valence-corrected chi connectivity index (χ1v) is 47.0. The minimum atomic E-state index is -0.369. The van der Waals surface area contributed by atoms with Gasteiger partial charge in [0.05, 0.1) is 27.7 Å². The van der Waals surface area contributed by atoms with Gasteiger partial charge in [0.2, 0.25) is 0 Å². The second-order valence-electron chi connectivity index (χ2n) is 34.3. The SMILES string of the molecule is CC(C)Oc1ccc(C(C)C)cc1.CC(C)c1ccc(Cl)c(Cl)c1.CC(C)c1ccc(Cl)cc1.CC(C)c1ccc(OCc2ccccc2)cc1.CC(C)c1cccc(Br)c1.CC(C)c1cccc(Cl)c1.CC(C)c1cccc([N+](=O)[O-])c1.CCCCCCCC(C)C.CCCCCCCCOc1ccc(C(C)C)cc1.Cc1ccccc1C(C)C. The molecule has 0 heterocycles. The Bertz CT molecular complexity index is 4180. The Morgan fingerprint density at radius 2 is 0.727 bits per heavy atom. The molecule has 6 nitrogen and oxygen atoms in total. The Morgan fingerprint density at radius 3 is 1.12 bits per heavy atom. The quantitative estimate of drug-likeness (QED) is 0.0265. The molecule has 0 aliphatic rings. The van der Waals surface area contributed by atoms with Crippen molar-refractivity contribution in [1.82, 2.24) is 0 Å². The van der Waals surface area contributed by atoms with Crippen LogP contribution >= 0.6 is 62.3 Å². The fourth-order valence-corrected chi connectivity index (χ4v) is 12.8. The molecule has 0 bridgehead atoms. The highest BCUT2D eigenvalue weighted by Crippen LogP contribution is 2.29. The van der Waals surface area contributed by atoms with Crippen LogP contribution in [0.5, 0.6) is 17.2 Å². The third kappa shape index (κ3) is 54.1. The van der Waals surface area contributed by atoms with E-state index in [1.165, 1.54) is 143 Å². The van der Waals surface area contributed by atoms with Crippen LogP contribution in [-0.2, 0) is 6.61 Å². The topological polar surface area (TPSA) is 70.8 Å². The van der Waals surface area contributed by atoms with Crippen LogP contribution in [0.15, 0.2) is 247 Å². The van der Waals surface area contributed by atoms with Crippen molar-refractivity contribution in [2.75, 3.05) is 6.61 Å². The van der Waals surface area contributed by atoms with Crippen LogP contribution in [0, 0.1) is 23.0 Å². The van der Waals surface area contributed by atoms with E-state index >= 15 is 0 Å². The molecule has 0 saturated carbocycles. The van der Waals surface area contributed by atoms with Gasteiger partial charge in [-0.3, -0.25) is 10.1 Å². The Hall–Kier alpha value is -7.36. The molecule has 10 aromatic carbocycles. The maximum atomic E-state index is 10.4. The van der Waals surface area contributed by atoms with Crippen molar-refractivity contribution in [2.45, 2.75) is 316 Å². The van der Waals surface area contributed by atoms with E-state index in [0.717, 1.165) is 45.4 Å². The average Bonchev–Trinajstić information content (AvgIpc) is 1.02. The van der Waals surface area contributed by atoms with Crippen LogP contribution in [0.25, 0.3) is 0 Å². The molecule has 0 fully saturated rings. The molecule has 0 aliphatic carbocycles. The fourth-order valence-electron chi connectivity index (χ4n) is 11.8. The molecule has 0 aliphatic heterocycles. The molecule has 0 N–H and O–H groups in total. The number of aryl methyl sites for hydroxylation is 1. The maximum Gasteiger partial charge on any atom is 0.269 e. The summed E-state index contributed by atoms with van der Waals surface area (Å²) >= 11 is 26.5. The van der Waals surface area contributed by atoms with E-state index in [4.69, 9.17) is 60.6 Å². The lowest BCUT2D eigenvalue weighted by molar-refractivity contribution is -0.384. The molecule has 121 heavy (non-hydrogen) atoms. The summed E-state index contributed by atoms with van der Waals surface area (Å²) in [7, 11) is 0. The van der Waals surface area contributed by atoms with E-state index in [1.54, 1.807) is 12.1 Å². The van der Waals surface area contributed by atoms with Gasteiger partial charge < -0.3 is 14.2 Å². The summed E-state index contributed by atoms with van der Waals surface area (Å²) in [6.07, 6.45) is 16.7. The first-order chi connectivity index (χ1) is 57.4. The Balaban J connectivity index is 0.000000677. The standard InChI is InChI=1S/C17H28O.C16H18O.C12H18O.C10H14.C10H22.C9H11Br.C9H10Cl2.2C9H11Cl.C9H11NO2/c1-4-5-6-7-8-9-14-18-17-12-10-16(11-13-17)15(2)3;1-13(2)15-8-10-16(11-9-15)17-12-14-6-4-3-5-7-14;1-9(2)11-5-7-12(8-6-11)13-10(3)4;1-8(2)10-7-5-4-6-9(10)3;1-4-5-6-7-8-9-10(2)3;1-7(2)8-4-3-5-9(10)6-8;1-6(2)7-3-4-8(10)9(11)5-7;1-7(2)8-3-5-9(10)6-4-8;1-7(2)8-4-3-5-9(10)6-8;1-7(2)8-4-3-5-9(6-8)10(11)12/h10-13,15H,4-9,14H2,1-3H3;3-11,13H,12H2,1-2H3;5-10H,1-4H3;4-8H,1-3H3;10H,4-9H2,1-3H3;3-7H,1-2H3;3-6H,1-2H3;2*3-7H,1-2H3;3-7H,1-2H3. The zero-order chi connectivity index (χ0) is 90.8. The number of nitro groups is 1. The van der Waals surface area contributed by atoms with Gasteiger partial charge in [-0.1, -0.05) is 431 Å². The number of benzene rings is 10. The molecule has 0 spiro atoms. The fraction of sp³-hybridized carbons (Fsp3) is 0.455. The van der Waals surface area contributed by atoms with E-state index in [-0.39, 0.29) is 16.7 Å². The lowest BCUT2D eigenvalue weighted by Gasteiger charge is -2.11. The number of non-ortho nitro benzene ring substituents is 1. The van der Waals surface area contributed by atoms with Gasteiger partial charge in [-0.05, 0) is 232 Å². The van der Waals surface area contributed by atoms with E-state index in [1.807, 2.05) is 131 Å². The van der Waals surface area contributed by atoms with Gasteiger partial charge >= 0.3 is 0 Å². The molecule has 0 atom stereocenters. The number of hydrogen-bond acceptors (Lipinski definition) is 5. The number of nitro benzene ring substituents is 1. The van der Waals surface area contributed by atoms with Crippen LogP contribution in [0.1, 0.15) is 358 Å². The van der Waals surface area contributed by atoms with Crippen LogP contribution in [0.2, 0.25) is 20.1 Å². The van der Waals surface area contributed by atoms with Gasteiger partial charge in [-0.15, -0.1) is 0 Å². The lowest BCUT2D eigenvalue weighted by atomic mass is 9.99. The second-order valence-corrected chi connectivity index (χ2v) is 36.9.